The Kier molecular flexibility index (Phi) is 2.98. The normalized spacial score (nSPS) is 11.2. The second-order valence-corrected chi connectivity index (χ2v) is 4.60. The molecule has 1 aromatic carbocycles. The van der Waals surface area contributed by atoms with E-state index in [4.69, 9.17) is 0 Å². The van der Waals surface area contributed by atoms with Gasteiger partial charge in [-0.25, -0.2) is 0 Å². The fraction of sp³-hybridized carbons (Fsp3) is 0.455. The maximum atomic E-state index is 10.9. The van der Waals surface area contributed by atoms with Crippen LogP contribution >= 0.6 is 0 Å². The molecule has 0 spiro atoms. The quantitative estimate of drug-likeness (QED) is 0.600. The summed E-state index contributed by atoms with van der Waals surface area (Å²) in [5.74, 6) is 0. The molecule has 0 radical (unpaired) electrons. The Labute approximate surface area is 89.5 Å². The Bertz CT molecular complexity index is 381. The monoisotopic (exact) mass is 208 g/mol. The van der Waals surface area contributed by atoms with Gasteiger partial charge in [0.25, 0.3) is 5.69 Å². The summed E-state index contributed by atoms with van der Waals surface area (Å²) in [5, 5.41) is 14.0. The lowest BCUT2D eigenvalue weighted by atomic mass is 10.1. The van der Waals surface area contributed by atoms with Gasteiger partial charge in [-0.05, 0) is 33.8 Å². The third-order valence-corrected chi connectivity index (χ3v) is 1.93. The molecule has 1 aromatic rings. The molecule has 15 heavy (non-hydrogen) atoms. The van der Waals surface area contributed by atoms with Gasteiger partial charge in [0.1, 0.15) is 5.69 Å². The summed E-state index contributed by atoms with van der Waals surface area (Å²) < 4.78 is 0. The van der Waals surface area contributed by atoms with Crippen LogP contribution in [0.25, 0.3) is 0 Å². The maximum absolute atomic E-state index is 10.9. The molecule has 4 heteroatoms. The summed E-state index contributed by atoms with van der Waals surface area (Å²) >= 11 is 0. The molecular formula is C11H16N2O2. The van der Waals surface area contributed by atoms with Gasteiger partial charge >= 0.3 is 0 Å². The molecule has 0 amide bonds. The van der Waals surface area contributed by atoms with Crippen molar-refractivity contribution in [2.45, 2.75) is 33.2 Å². The highest BCUT2D eigenvalue weighted by atomic mass is 16.6. The van der Waals surface area contributed by atoms with Gasteiger partial charge in [0.05, 0.1) is 4.92 Å². The van der Waals surface area contributed by atoms with Gasteiger partial charge in [0.2, 0.25) is 0 Å². The Morgan fingerprint density at radius 1 is 1.33 bits per heavy atom. The summed E-state index contributed by atoms with van der Waals surface area (Å²) in [6, 6.07) is 5.29. The van der Waals surface area contributed by atoms with Crippen LogP contribution in [0.15, 0.2) is 18.2 Å². The van der Waals surface area contributed by atoms with E-state index in [1.807, 2.05) is 26.8 Å². The van der Waals surface area contributed by atoms with E-state index in [0.29, 0.717) is 11.3 Å². The third-order valence-electron chi connectivity index (χ3n) is 1.93. The Morgan fingerprint density at radius 3 is 2.40 bits per heavy atom. The molecule has 0 bridgehead atoms. The van der Waals surface area contributed by atoms with Crippen LogP contribution in [0.4, 0.5) is 11.4 Å². The molecule has 0 saturated carbocycles. The minimum Gasteiger partial charge on any atom is -0.375 e. The molecule has 0 aliphatic heterocycles. The van der Waals surface area contributed by atoms with Crippen molar-refractivity contribution >= 4 is 11.4 Å². The first-order valence-electron chi connectivity index (χ1n) is 4.83. The second-order valence-electron chi connectivity index (χ2n) is 4.60. The van der Waals surface area contributed by atoms with E-state index in [1.54, 1.807) is 19.1 Å². The third kappa shape index (κ3) is 2.94. The van der Waals surface area contributed by atoms with E-state index in [2.05, 4.69) is 5.32 Å². The summed E-state index contributed by atoms with van der Waals surface area (Å²) in [6.45, 7) is 7.66. The second kappa shape index (κ2) is 3.88. The summed E-state index contributed by atoms with van der Waals surface area (Å²) in [7, 11) is 0. The Hall–Kier alpha value is -1.58. The van der Waals surface area contributed by atoms with E-state index >= 15 is 0 Å². The lowest BCUT2D eigenvalue weighted by molar-refractivity contribution is -0.384. The maximum Gasteiger partial charge on any atom is 0.295 e. The van der Waals surface area contributed by atoms with Crippen molar-refractivity contribution in [3.8, 4) is 0 Å². The standard InChI is InChI=1S/C11H16N2O2/c1-8-6-5-7-9(10(8)13(14)15)12-11(2,3)4/h5-7,12H,1-4H3. The van der Waals surface area contributed by atoms with Crippen molar-refractivity contribution in [1.29, 1.82) is 0 Å². The first kappa shape index (κ1) is 11.5. The SMILES string of the molecule is Cc1cccc(NC(C)(C)C)c1[N+](=O)[O-]. The van der Waals surface area contributed by atoms with E-state index in [1.165, 1.54) is 0 Å². The average molecular weight is 208 g/mol. The minimum absolute atomic E-state index is 0.160. The Morgan fingerprint density at radius 2 is 1.93 bits per heavy atom. The highest BCUT2D eigenvalue weighted by Crippen LogP contribution is 2.29. The number of para-hydroxylation sites is 1. The topological polar surface area (TPSA) is 55.2 Å². The highest BCUT2D eigenvalue weighted by molar-refractivity contribution is 5.65. The van der Waals surface area contributed by atoms with Crippen molar-refractivity contribution in [2.75, 3.05) is 5.32 Å². The van der Waals surface area contributed by atoms with Crippen molar-refractivity contribution in [1.82, 2.24) is 0 Å². The molecular weight excluding hydrogens is 192 g/mol. The molecule has 1 N–H and O–H groups in total. The van der Waals surface area contributed by atoms with Gasteiger partial charge in [-0.3, -0.25) is 10.1 Å². The van der Waals surface area contributed by atoms with E-state index in [9.17, 15) is 10.1 Å². The fourth-order valence-electron chi connectivity index (χ4n) is 1.41. The van der Waals surface area contributed by atoms with Crippen molar-refractivity contribution in [2.24, 2.45) is 0 Å². The van der Waals surface area contributed by atoms with Gasteiger partial charge in [-0.1, -0.05) is 12.1 Å². The number of nitrogens with one attached hydrogen (secondary N) is 1. The average Bonchev–Trinajstić information content (AvgIpc) is 1.99. The minimum atomic E-state index is -0.344. The smallest absolute Gasteiger partial charge is 0.295 e. The molecule has 0 saturated heterocycles. The zero-order valence-corrected chi connectivity index (χ0v) is 9.50. The first-order chi connectivity index (χ1) is 6.81. The van der Waals surface area contributed by atoms with Gasteiger partial charge in [-0.15, -0.1) is 0 Å². The molecule has 0 atom stereocenters. The number of rotatable bonds is 2. The number of hydrogen-bond donors (Lipinski definition) is 1. The molecule has 4 nitrogen and oxygen atoms in total. The van der Waals surface area contributed by atoms with Crippen LogP contribution in [0.3, 0.4) is 0 Å². The van der Waals surface area contributed by atoms with Gasteiger partial charge in [-0.2, -0.15) is 0 Å². The zero-order valence-electron chi connectivity index (χ0n) is 9.50. The van der Waals surface area contributed by atoms with Crippen LogP contribution in [-0.4, -0.2) is 10.5 Å². The summed E-state index contributed by atoms with van der Waals surface area (Å²) in [6.07, 6.45) is 0. The highest BCUT2D eigenvalue weighted by Gasteiger charge is 2.20. The molecule has 0 aromatic heterocycles. The molecule has 0 aliphatic carbocycles. The van der Waals surface area contributed by atoms with Crippen LogP contribution < -0.4 is 5.32 Å². The lowest BCUT2D eigenvalue weighted by Crippen LogP contribution is -2.26. The number of hydrogen-bond acceptors (Lipinski definition) is 3. The van der Waals surface area contributed by atoms with Crippen LogP contribution in [0.1, 0.15) is 26.3 Å². The van der Waals surface area contributed by atoms with Gasteiger partial charge < -0.3 is 5.32 Å². The van der Waals surface area contributed by atoms with Crippen molar-refractivity contribution in [3.63, 3.8) is 0 Å². The summed E-state index contributed by atoms with van der Waals surface area (Å²) in [5.41, 5.74) is 1.23. The predicted molar refractivity (Wildman–Crippen MR) is 61.2 cm³/mol. The molecule has 0 fully saturated rings. The van der Waals surface area contributed by atoms with E-state index in [-0.39, 0.29) is 16.1 Å². The zero-order chi connectivity index (χ0) is 11.6. The Balaban J connectivity index is 3.18. The predicted octanol–water partition coefficient (Wildman–Crippen LogP) is 3.11. The molecule has 0 heterocycles. The molecule has 1 rings (SSSR count). The van der Waals surface area contributed by atoms with E-state index in [0.717, 1.165) is 0 Å². The number of nitrogens with zero attached hydrogens (tertiary/aromatic N) is 1. The largest absolute Gasteiger partial charge is 0.375 e. The number of nitro benzene ring substituents is 1. The fourth-order valence-corrected chi connectivity index (χ4v) is 1.41. The van der Waals surface area contributed by atoms with Crippen LogP contribution in [0.5, 0.6) is 0 Å². The number of nitro groups is 1. The first-order valence-corrected chi connectivity index (χ1v) is 4.83. The number of aryl methyl sites for hydroxylation is 1. The van der Waals surface area contributed by atoms with Gasteiger partial charge in [0, 0.05) is 11.1 Å². The van der Waals surface area contributed by atoms with Crippen LogP contribution in [0.2, 0.25) is 0 Å². The number of anilines is 1. The summed E-state index contributed by atoms with van der Waals surface area (Å²) in [4.78, 5) is 10.6. The van der Waals surface area contributed by atoms with Crippen LogP contribution in [0, 0.1) is 17.0 Å². The van der Waals surface area contributed by atoms with Gasteiger partial charge in [0.15, 0.2) is 0 Å². The molecule has 82 valence electrons. The van der Waals surface area contributed by atoms with Crippen LogP contribution in [-0.2, 0) is 0 Å². The van der Waals surface area contributed by atoms with Crippen molar-refractivity contribution in [3.05, 3.63) is 33.9 Å². The van der Waals surface area contributed by atoms with Crippen molar-refractivity contribution < 1.29 is 4.92 Å². The van der Waals surface area contributed by atoms with E-state index < -0.39 is 0 Å². The lowest BCUT2D eigenvalue weighted by Gasteiger charge is -2.22. The number of benzene rings is 1. The molecule has 0 unspecified atom stereocenters. The molecule has 0 aliphatic rings.